The molecule has 0 heterocycles. The lowest BCUT2D eigenvalue weighted by molar-refractivity contribution is -0.115. The third kappa shape index (κ3) is 4.60. The molecule has 1 saturated carbocycles. The van der Waals surface area contributed by atoms with E-state index in [4.69, 9.17) is 11.6 Å². The molecule has 0 saturated heterocycles. The summed E-state index contributed by atoms with van der Waals surface area (Å²) in [5.41, 5.74) is 4.25. The SMILES string of the molecule is CC1=CC(C)=C(CCC(=O)c2cc(Br)cc(N(C)C3CCCC3)c2Cl)C(=O)C1. The number of benzene rings is 1. The van der Waals surface area contributed by atoms with Gasteiger partial charge in [0.2, 0.25) is 0 Å². The number of allylic oxidation sites excluding steroid dienone is 4. The van der Waals surface area contributed by atoms with Gasteiger partial charge in [-0.1, -0.05) is 52.0 Å². The van der Waals surface area contributed by atoms with Gasteiger partial charge in [-0.2, -0.15) is 0 Å². The van der Waals surface area contributed by atoms with E-state index in [1.807, 2.05) is 26.0 Å². The number of Topliss-reactive ketones (excluding diaryl/α,β-unsaturated/α-hetero) is 2. The van der Waals surface area contributed by atoms with Crippen molar-refractivity contribution in [2.75, 3.05) is 11.9 Å². The molecule has 0 radical (unpaired) electrons. The molecule has 1 fully saturated rings. The molecular formula is C23H27BrClNO2. The number of hydrogen-bond donors (Lipinski definition) is 0. The van der Waals surface area contributed by atoms with E-state index in [0.717, 1.165) is 39.7 Å². The van der Waals surface area contributed by atoms with Crippen molar-refractivity contribution >= 4 is 44.8 Å². The largest absolute Gasteiger partial charge is 0.370 e. The van der Waals surface area contributed by atoms with E-state index in [2.05, 4.69) is 27.9 Å². The topological polar surface area (TPSA) is 37.4 Å². The fraction of sp³-hybridized carbons (Fsp3) is 0.478. The Balaban J connectivity index is 1.80. The lowest BCUT2D eigenvalue weighted by Gasteiger charge is -2.28. The van der Waals surface area contributed by atoms with Gasteiger partial charge in [0, 0.05) is 36.0 Å². The first kappa shape index (κ1) is 21.3. The molecule has 1 aromatic carbocycles. The molecule has 3 rings (SSSR count). The van der Waals surface area contributed by atoms with Crippen molar-refractivity contribution in [3.8, 4) is 0 Å². The standard InChI is InChI=1S/C23H27BrClNO2/c1-14-10-15(2)18(22(28)11-14)8-9-21(27)19-12-16(24)13-20(23(19)25)26(3)17-6-4-5-7-17/h10,12-13,17H,4-9,11H2,1-3H3. The molecule has 0 N–H and O–H groups in total. The minimum Gasteiger partial charge on any atom is -0.370 e. The predicted molar refractivity (Wildman–Crippen MR) is 119 cm³/mol. The molecule has 2 aliphatic rings. The molecule has 0 bridgehead atoms. The first-order valence-corrected chi connectivity index (χ1v) is 11.1. The lowest BCUT2D eigenvalue weighted by atomic mass is 9.89. The molecule has 150 valence electrons. The summed E-state index contributed by atoms with van der Waals surface area (Å²) in [6.45, 7) is 3.91. The molecule has 5 heteroatoms. The quantitative estimate of drug-likeness (QED) is 0.441. The maximum atomic E-state index is 13.0. The van der Waals surface area contributed by atoms with Gasteiger partial charge in [-0.15, -0.1) is 0 Å². The van der Waals surface area contributed by atoms with E-state index >= 15 is 0 Å². The molecule has 0 spiro atoms. The van der Waals surface area contributed by atoms with Gasteiger partial charge in [0.1, 0.15) is 0 Å². The Bertz CT molecular complexity index is 866. The summed E-state index contributed by atoms with van der Waals surface area (Å²) in [6, 6.07) is 4.25. The Morgan fingerprint density at radius 1 is 1.25 bits per heavy atom. The van der Waals surface area contributed by atoms with Crippen LogP contribution in [0, 0.1) is 0 Å². The number of carbonyl (C=O) groups excluding carboxylic acids is 2. The number of carbonyl (C=O) groups is 2. The van der Waals surface area contributed by atoms with Crippen LogP contribution in [0.15, 0.2) is 39.4 Å². The Kier molecular flexibility index (Phi) is 6.82. The maximum Gasteiger partial charge on any atom is 0.164 e. The van der Waals surface area contributed by atoms with Crippen LogP contribution in [0.5, 0.6) is 0 Å². The van der Waals surface area contributed by atoms with E-state index < -0.39 is 0 Å². The van der Waals surface area contributed by atoms with Crippen molar-refractivity contribution in [2.45, 2.75) is 64.8 Å². The molecule has 0 aliphatic heterocycles. The van der Waals surface area contributed by atoms with Crippen molar-refractivity contribution in [3.63, 3.8) is 0 Å². The monoisotopic (exact) mass is 463 g/mol. The first-order chi connectivity index (χ1) is 13.3. The summed E-state index contributed by atoms with van der Waals surface area (Å²) >= 11 is 10.2. The Morgan fingerprint density at radius 2 is 1.93 bits per heavy atom. The Morgan fingerprint density at radius 3 is 2.57 bits per heavy atom. The smallest absolute Gasteiger partial charge is 0.164 e. The average molecular weight is 465 g/mol. The second-order valence-corrected chi connectivity index (χ2v) is 9.30. The number of ketones is 2. The van der Waals surface area contributed by atoms with Gasteiger partial charge in [-0.25, -0.2) is 0 Å². The van der Waals surface area contributed by atoms with Crippen molar-refractivity contribution in [2.24, 2.45) is 0 Å². The second kappa shape index (κ2) is 8.96. The van der Waals surface area contributed by atoms with Crippen LogP contribution in [0.4, 0.5) is 5.69 Å². The van der Waals surface area contributed by atoms with Crippen LogP contribution in [0.1, 0.15) is 69.2 Å². The highest BCUT2D eigenvalue weighted by Crippen LogP contribution is 2.37. The number of rotatable bonds is 6. The van der Waals surface area contributed by atoms with Gasteiger partial charge < -0.3 is 4.90 Å². The minimum atomic E-state index is -0.0215. The molecule has 0 unspecified atom stereocenters. The number of anilines is 1. The normalized spacial score (nSPS) is 17.9. The average Bonchev–Trinajstić information content (AvgIpc) is 3.16. The number of halogens is 2. The van der Waals surface area contributed by atoms with Crippen LogP contribution in [0.3, 0.4) is 0 Å². The van der Waals surface area contributed by atoms with Crippen molar-refractivity contribution in [3.05, 3.63) is 50.0 Å². The fourth-order valence-electron chi connectivity index (χ4n) is 4.32. The van der Waals surface area contributed by atoms with Gasteiger partial charge >= 0.3 is 0 Å². The molecule has 0 amide bonds. The minimum absolute atomic E-state index is 0.0215. The Hall–Kier alpha value is -1.39. The van der Waals surface area contributed by atoms with Crippen molar-refractivity contribution < 1.29 is 9.59 Å². The molecule has 0 atom stereocenters. The summed E-state index contributed by atoms with van der Waals surface area (Å²) in [6.07, 6.45) is 8.04. The lowest BCUT2D eigenvalue weighted by Crippen LogP contribution is -2.29. The van der Waals surface area contributed by atoms with Gasteiger partial charge in [0.25, 0.3) is 0 Å². The number of hydrogen-bond acceptors (Lipinski definition) is 3. The van der Waals surface area contributed by atoms with E-state index in [0.29, 0.717) is 29.5 Å². The molecule has 0 aromatic heterocycles. The third-order valence-corrected chi connectivity index (χ3v) is 6.74. The highest BCUT2D eigenvalue weighted by molar-refractivity contribution is 9.10. The fourth-order valence-corrected chi connectivity index (χ4v) is 5.11. The van der Waals surface area contributed by atoms with Crippen LogP contribution in [-0.4, -0.2) is 24.7 Å². The summed E-state index contributed by atoms with van der Waals surface area (Å²) in [7, 11) is 2.06. The summed E-state index contributed by atoms with van der Waals surface area (Å²) in [5.74, 6) is 0.110. The molecule has 28 heavy (non-hydrogen) atoms. The van der Waals surface area contributed by atoms with Gasteiger partial charge in [0.15, 0.2) is 11.6 Å². The van der Waals surface area contributed by atoms with Gasteiger partial charge in [-0.05, 0) is 56.4 Å². The van der Waals surface area contributed by atoms with Crippen LogP contribution in [0.25, 0.3) is 0 Å². The van der Waals surface area contributed by atoms with Gasteiger partial charge in [0.05, 0.1) is 10.7 Å². The first-order valence-electron chi connectivity index (χ1n) is 9.93. The maximum absolute atomic E-state index is 13.0. The molecule has 3 nitrogen and oxygen atoms in total. The van der Waals surface area contributed by atoms with Gasteiger partial charge in [-0.3, -0.25) is 9.59 Å². The molecule has 1 aromatic rings. The molecule has 2 aliphatic carbocycles. The zero-order chi connectivity index (χ0) is 20.4. The van der Waals surface area contributed by atoms with Crippen molar-refractivity contribution in [1.82, 2.24) is 0 Å². The molecular weight excluding hydrogens is 438 g/mol. The highest BCUT2D eigenvalue weighted by atomic mass is 79.9. The summed E-state index contributed by atoms with van der Waals surface area (Å²) in [5, 5.41) is 0.513. The van der Waals surface area contributed by atoms with Crippen LogP contribution in [-0.2, 0) is 4.79 Å². The summed E-state index contributed by atoms with van der Waals surface area (Å²) in [4.78, 5) is 27.5. The van der Waals surface area contributed by atoms with E-state index in [1.54, 1.807) is 6.07 Å². The van der Waals surface area contributed by atoms with E-state index in [9.17, 15) is 9.59 Å². The number of nitrogens with zero attached hydrogens (tertiary/aromatic N) is 1. The van der Waals surface area contributed by atoms with E-state index in [1.165, 1.54) is 12.8 Å². The summed E-state index contributed by atoms with van der Waals surface area (Å²) < 4.78 is 0.850. The van der Waals surface area contributed by atoms with Crippen LogP contribution >= 0.6 is 27.5 Å². The van der Waals surface area contributed by atoms with Crippen LogP contribution < -0.4 is 4.90 Å². The Labute approximate surface area is 180 Å². The highest BCUT2D eigenvalue weighted by Gasteiger charge is 2.25. The van der Waals surface area contributed by atoms with E-state index in [-0.39, 0.29) is 18.0 Å². The third-order valence-electron chi connectivity index (χ3n) is 5.89. The van der Waals surface area contributed by atoms with Crippen LogP contribution in [0.2, 0.25) is 5.02 Å². The zero-order valence-electron chi connectivity index (χ0n) is 16.8. The zero-order valence-corrected chi connectivity index (χ0v) is 19.1. The van der Waals surface area contributed by atoms with Crippen molar-refractivity contribution in [1.29, 1.82) is 0 Å². The second-order valence-electron chi connectivity index (χ2n) is 8.01. The predicted octanol–water partition coefficient (Wildman–Crippen LogP) is 6.68.